The summed E-state index contributed by atoms with van der Waals surface area (Å²) in [5.41, 5.74) is 6.87. The van der Waals surface area contributed by atoms with E-state index in [0.717, 1.165) is 5.56 Å². The third-order valence-electron chi connectivity index (χ3n) is 2.28. The molecule has 0 heterocycles. The Kier molecular flexibility index (Phi) is 5.23. The third-order valence-corrected chi connectivity index (χ3v) is 2.28. The molecule has 0 aliphatic rings. The molecule has 0 aliphatic carbocycles. The zero-order valence-electron chi connectivity index (χ0n) is 10.2. The molecular weight excluding hydrogens is 216 g/mol. The zero-order valence-corrected chi connectivity index (χ0v) is 10.2. The number of amides is 1. The summed E-state index contributed by atoms with van der Waals surface area (Å²) >= 11 is 0. The van der Waals surface area contributed by atoms with Crippen molar-refractivity contribution in [1.82, 2.24) is 5.32 Å². The summed E-state index contributed by atoms with van der Waals surface area (Å²) < 4.78 is 5.15. The molecular formula is C13H18N2O2. The smallest absolute Gasteiger partial charge is 0.255 e. The molecule has 0 atom stereocenters. The first-order valence-corrected chi connectivity index (χ1v) is 5.47. The Hall–Kier alpha value is -1.81. The highest BCUT2D eigenvalue weighted by Crippen LogP contribution is 2.19. The summed E-state index contributed by atoms with van der Waals surface area (Å²) in [5.74, 6) is 0.433. The molecule has 0 bridgehead atoms. The lowest BCUT2D eigenvalue weighted by Gasteiger charge is -2.09. The molecule has 17 heavy (non-hydrogen) atoms. The summed E-state index contributed by atoms with van der Waals surface area (Å²) in [6, 6.07) is 5.50. The van der Waals surface area contributed by atoms with Crippen molar-refractivity contribution in [2.75, 3.05) is 20.2 Å². The van der Waals surface area contributed by atoms with Crippen LogP contribution in [0.15, 0.2) is 30.4 Å². The molecule has 0 spiro atoms. The van der Waals surface area contributed by atoms with Gasteiger partial charge in [0.1, 0.15) is 5.75 Å². The van der Waals surface area contributed by atoms with Gasteiger partial charge in [-0.25, -0.2) is 0 Å². The van der Waals surface area contributed by atoms with Gasteiger partial charge in [0, 0.05) is 13.1 Å². The summed E-state index contributed by atoms with van der Waals surface area (Å²) in [6.07, 6.45) is 3.62. The average Bonchev–Trinajstić information content (AvgIpc) is 2.34. The molecule has 0 saturated carbocycles. The van der Waals surface area contributed by atoms with Crippen LogP contribution in [0.5, 0.6) is 5.75 Å². The number of benzene rings is 1. The highest BCUT2D eigenvalue weighted by Gasteiger charge is 2.10. The van der Waals surface area contributed by atoms with Crippen LogP contribution >= 0.6 is 0 Å². The summed E-state index contributed by atoms with van der Waals surface area (Å²) in [6.45, 7) is 2.88. The minimum atomic E-state index is -0.146. The van der Waals surface area contributed by atoms with Crippen molar-refractivity contribution < 1.29 is 9.53 Å². The lowest BCUT2D eigenvalue weighted by atomic mass is 10.1. The van der Waals surface area contributed by atoms with Gasteiger partial charge >= 0.3 is 0 Å². The molecule has 0 aromatic heterocycles. The molecule has 1 amide bonds. The lowest BCUT2D eigenvalue weighted by Crippen LogP contribution is -2.24. The predicted molar refractivity (Wildman–Crippen MR) is 68.3 cm³/mol. The van der Waals surface area contributed by atoms with E-state index in [0.29, 0.717) is 24.4 Å². The van der Waals surface area contributed by atoms with E-state index >= 15 is 0 Å². The van der Waals surface area contributed by atoms with Gasteiger partial charge in [0.15, 0.2) is 0 Å². The van der Waals surface area contributed by atoms with Crippen LogP contribution in [0.1, 0.15) is 15.9 Å². The van der Waals surface area contributed by atoms with E-state index < -0.39 is 0 Å². The Balaban J connectivity index is 2.73. The molecule has 1 aromatic rings. The highest BCUT2D eigenvalue weighted by atomic mass is 16.5. The Bertz CT molecular complexity index is 414. The van der Waals surface area contributed by atoms with Crippen LogP contribution in [0.2, 0.25) is 0 Å². The molecule has 4 heteroatoms. The maximum absolute atomic E-state index is 11.9. The number of hydrogen-bond donors (Lipinski definition) is 2. The number of carbonyl (C=O) groups is 1. The maximum Gasteiger partial charge on any atom is 0.255 e. The molecule has 0 aliphatic heterocycles. The molecule has 1 aromatic carbocycles. The SMILES string of the molecule is COc1ccc(C)cc1C(=O)NC/C=C/CN. The third kappa shape index (κ3) is 3.92. The number of carbonyl (C=O) groups excluding carboxylic acids is 1. The molecule has 92 valence electrons. The molecule has 4 nitrogen and oxygen atoms in total. The Morgan fingerprint density at radius 2 is 2.24 bits per heavy atom. The fourth-order valence-electron chi connectivity index (χ4n) is 1.43. The fourth-order valence-corrected chi connectivity index (χ4v) is 1.43. The van der Waals surface area contributed by atoms with E-state index in [2.05, 4.69) is 5.32 Å². The Morgan fingerprint density at radius 3 is 2.88 bits per heavy atom. The topological polar surface area (TPSA) is 64.3 Å². The van der Waals surface area contributed by atoms with Gasteiger partial charge in [0.2, 0.25) is 0 Å². The van der Waals surface area contributed by atoms with Gasteiger partial charge in [-0.1, -0.05) is 23.8 Å². The van der Waals surface area contributed by atoms with Crippen LogP contribution in [0.25, 0.3) is 0 Å². The van der Waals surface area contributed by atoms with Crippen LogP contribution in [-0.4, -0.2) is 26.1 Å². The van der Waals surface area contributed by atoms with E-state index in [1.807, 2.05) is 19.1 Å². The number of methoxy groups -OCH3 is 1. The van der Waals surface area contributed by atoms with E-state index in [4.69, 9.17) is 10.5 Å². The van der Waals surface area contributed by atoms with E-state index in [9.17, 15) is 4.79 Å². The van der Waals surface area contributed by atoms with Gasteiger partial charge in [-0.3, -0.25) is 4.79 Å². The molecule has 1 rings (SSSR count). The van der Waals surface area contributed by atoms with Crippen molar-refractivity contribution in [3.63, 3.8) is 0 Å². The van der Waals surface area contributed by atoms with Gasteiger partial charge in [-0.2, -0.15) is 0 Å². The number of nitrogens with two attached hydrogens (primary N) is 1. The van der Waals surface area contributed by atoms with Gasteiger partial charge in [-0.15, -0.1) is 0 Å². The van der Waals surface area contributed by atoms with Crippen molar-refractivity contribution in [1.29, 1.82) is 0 Å². The second-order valence-corrected chi connectivity index (χ2v) is 3.62. The van der Waals surface area contributed by atoms with Gasteiger partial charge in [0.05, 0.1) is 12.7 Å². The van der Waals surface area contributed by atoms with E-state index in [-0.39, 0.29) is 5.91 Å². The minimum absolute atomic E-state index is 0.146. The molecule has 3 N–H and O–H groups in total. The van der Waals surface area contributed by atoms with Crippen LogP contribution in [0.3, 0.4) is 0 Å². The molecule has 0 unspecified atom stereocenters. The van der Waals surface area contributed by atoms with Crippen LogP contribution in [-0.2, 0) is 0 Å². The average molecular weight is 234 g/mol. The molecule has 0 saturated heterocycles. The number of nitrogens with one attached hydrogen (secondary N) is 1. The van der Waals surface area contributed by atoms with E-state index in [1.54, 1.807) is 25.3 Å². The zero-order chi connectivity index (χ0) is 12.7. The quantitative estimate of drug-likeness (QED) is 0.754. The van der Waals surface area contributed by atoms with Crippen molar-refractivity contribution >= 4 is 5.91 Å². The largest absolute Gasteiger partial charge is 0.496 e. The van der Waals surface area contributed by atoms with Crippen LogP contribution in [0.4, 0.5) is 0 Å². The first-order valence-electron chi connectivity index (χ1n) is 5.47. The van der Waals surface area contributed by atoms with Crippen molar-refractivity contribution in [2.24, 2.45) is 5.73 Å². The number of rotatable bonds is 5. The summed E-state index contributed by atoms with van der Waals surface area (Å²) in [4.78, 5) is 11.9. The van der Waals surface area contributed by atoms with Gasteiger partial charge in [0.25, 0.3) is 5.91 Å². The second kappa shape index (κ2) is 6.70. The number of aryl methyl sites for hydroxylation is 1. The first kappa shape index (κ1) is 13.3. The minimum Gasteiger partial charge on any atom is -0.496 e. The second-order valence-electron chi connectivity index (χ2n) is 3.62. The monoisotopic (exact) mass is 234 g/mol. The Labute approximate surface area is 101 Å². The number of hydrogen-bond acceptors (Lipinski definition) is 3. The fraction of sp³-hybridized carbons (Fsp3) is 0.308. The standard InChI is InChI=1S/C13H18N2O2/c1-10-5-6-12(17-2)11(9-10)13(16)15-8-4-3-7-14/h3-6,9H,7-8,14H2,1-2H3,(H,15,16)/b4-3+. The summed E-state index contributed by atoms with van der Waals surface area (Å²) in [5, 5.41) is 2.77. The van der Waals surface area contributed by atoms with Crippen molar-refractivity contribution in [3.05, 3.63) is 41.5 Å². The highest BCUT2D eigenvalue weighted by molar-refractivity contribution is 5.97. The Morgan fingerprint density at radius 1 is 1.47 bits per heavy atom. The maximum atomic E-state index is 11.9. The predicted octanol–water partition coefficient (Wildman–Crippen LogP) is 1.25. The molecule has 0 fully saturated rings. The molecule has 0 radical (unpaired) electrons. The first-order chi connectivity index (χ1) is 8.19. The van der Waals surface area contributed by atoms with E-state index in [1.165, 1.54) is 0 Å². The van der Waals surface area contributed by atoms with Gasteiger partial charge < -0.3 is 15.8 Å². The van der Waals surface area contributed by atoms with Gasteiger partial charge in [-0.05, 0) is 19.1 Å². The van der Waals surface area contributed by atoms with Crippen LogP contribution < -0.4 is 15.8 Å². The normalized spacial score (nSPS) is 10.5. The lowest BCUT2D eigenvalue weighted by molar-refractivity contribution is 0.0955. The van der Waals surface area contributed by atoms with Crippen molar-refractivity contribution in [3.8, 4) is 5.75 Å². The number of ether oxygens (including phenoxy) is 1. The van der Waals surface area contributed by atoms with Crippen LogP contribution in [0, 0.1) is 6.92 Å². The van der Waals surface area contributed by atoms with Crippen molar-refractivity contribution in [2.45, 2.75) is 6.92 Å². The summed E-state index contributed by atoms with van der Waals surface area (Å²) in [7, 11) is 1.55.